The molecule has 20 heavy (non-hydrogen) atoms. The zero-order valence-electron chi connectivity index (χ0n) is 11.0. The minimum absolute atomic E-state index is 0.0411. The molecule has 0 aliphatic carbocycles. The van der Waals surface area contributed by atoms with Crippen LogP contribution < -0.4 is 10.7 Å². The predicted molar refractivity (Wildman–Crippen MR) is 76.1 cm³/mol. The zero-order valence-corrected chi connectivity index (χ0v) is 11.0. The van der Waals surface area contributed by atoms with Gasteiger partial charge in [0, 0.05) is 29.6 Å². The maximum Gasteiger partial charge on any atom is 0.246 e. The van der Waals surface area contributed by atoms with Gasteiger partial charge in [0.05, 0.1) is 10.7 Å². The lowest BCUT2D eigenvalue weighted by molar-refractivity contribution is -0.117. The third kappa shape index (κ3) is 1.67. The van der Waals surface area contributed by atoms with Gasteiger partial charge in [-0.1, -0.05) is 30.4 Å². The number of fused-ring (bicyclic) bond motifs is 1. The van der Waals surface area contributed by atoms with E-state index in [-0.39, 0.29) is 5.91 Å². The van der Waals surface area contributed by atoms with E-state index < -0.39 is 0 Å². The van der Waals surface area contributed by atoms with Gasteiger partial charge in [-0.05, 0) is 24.1 Å². The maximum atomic E-state index is 12.0. The second kappa shape index (κ2) is 4.30. The second-order valence-corrected chi connectivity index (χ2v) is 5.18. The van der Waals surface area contributed by atoms with Crippen molar-refractivity contribution >= 4 is 11.5 Å². The van der Waals surface area contributed by atoms with Crippen molar-refractivity contribution < 1.29 is 4.79 Å². The second-order valence-electron chi connectivity index (χ2n) is 5.18. The third-order valence-corrected chi connectivity index (χ3v) is 3.94. The molecule has 0 radical (unpaired) electrons. The predicted octanol–water partition coefficient (Wildman–Crippen LogP) is 1.44. The Bertz CT molecular complexity index is 948. The van der Waals surface area contributed by atoms with E-state index in [2.05, 4.69) is 34.0 Å². The molecule has 1 aromatic carbocycles. The van der Waals surface area contributed by atoms with Gasteiger partial charge in [0.15, 0.2) is 0 Å². The molecule has 2 aromatic rings. The van der Waals surface area contributed by atoms with Crippen LogP contribution in [0.5, 0.6) is 0 Å². The van der Waals surface area contributed by atoms with E-state index >= 15 is 0 Å². The van der Waals surface area contributed by atoms with Gasteiger partial charge in [-0.2, -0.15) is 0 Å². The van der Waals surface area contributed by atoms with Crippen molar-refractivity contribution in [2.24, 2.45) is 4.99 Å². The lowest BCUT2D eigenvalue weighted by Gasteiger charge is -2.09. The Morgan fingerprint density at radius 3 is 2.90 bits per heavy atom. The smallest absolute Gasteiger partial charge is 0.246 e. The number of amides is 1. The van der Waals surface area contributed by atoms with Gasteiger partial charge >= 0.3 is 0 Å². The molecule has 2 aliphatic heterocycles. The highest BCUT2D eigenvalue weighted by atomic mass is 16.1. The molecule has 0 saturated carbocycles. The Balaban J connectivity index is 2.35. The molecule has 0 bridgehead atoms. The summed E-state index contributed by atoms with van der Waals surface area (Å²) in [7, 11) is 0. The van der Waals surface area contributed by atoms with Gasteiger partial charge in [0.2, 0.25) is 5.91 Å². The molecule has 0 atom stereocenters. The number of hydrogen-bond acceptors (Lipinski definition) is 1. The lowest BCUT2D eigenvalue weighted by Crippen LogP contribution is -2.22. The highest BCUT2D eigenvalue weighted by Gasteiger charge is 2.10. The maximum absolute atomic E-state index is 12.0. The first kappa shape index (κ1) is 11.4. The average molecular weight is 262 g/mol. The normalized spacial score (nSPS) is 18.4. The van der Waals surface area contributed by atoms with Crippen molar-refractivity contribution in [2.45, 2.75) is 19.4 Å². The summed E-state index contributed by atoms with van der Waals surface area (Å²) in [5.74, 6) is -0.0411. The van der Waals surface area contributed by atoms with Crippen LogP contribution in [0.3, 0.4) is 0 Å². The standard InChI is InChI=1S/C17H14N2O/c20-16-8-7-12-4-3-10-19-11-9-14(17(12)19)13-5-1-2-6-15(13)18-16/h1-6,9,11H,7-8,10H2/b14-13-,18-15?. The SMILES string of the molecule is O=C1CCC2=c3/c(ccn3CC=C2)=c2/ccccc2=N1. The first-order valence-electron chi connectivity index (χ1n) is 6.89. The molecule has 0 N–H and O–H groups in total. The summed E-state index contributed by atoms with van der Waals surface area (Å²) in [5, 5.41) is 4.25. The number of nitrogens with zero attached hydrogens (tertiary/aromatic N) is 2. The van der Waals surface area contributed by atoms with E-state index in [1.807, 2.05) is 24.3 Å². The van der Waals surface area contributed by atoms with Crippen LogP contribution in [0.15, 0.2) is 53.7 Å². The molecule has 3 nitrogen and oxygen atoms in total. The van der Waals surface area contributed by atoms with Crippen molar-refractivity contribution in [3.63, 3.8) is 0 Å². The van der Waals surface area contributed by atoms with Crippen LogP contribution in [-0.2, 0) is 11.3 Å². The molecule has 0 fully saturated rings. The monoisotopic (exact) mass is 262 g/mol. The van der Waals surface area contributed by atoms with Gasteiger partial charge in [-0.15, -0.1) is 0 Å². The minimum atomic E-state index is -0.0411. The van der Waals surface area contributed by atoms with Gasteiger partial charge in [0.1, 0.15) is 0 Å². The number of carbonyl (C=O) groups excluding carboxylic acids is 1. The van der Waals surface area contributed by atoms with Crippen molar-refractivity contribution in [1.29, 1.82) is 0 Å². The average Bonchev–Trinajstić information content (AvgIpc) is 2.91. The van der Waals surface area contributed by atoms with Gasteiger partial charge < -0.3 is 4.57 Å². The van der Waals surface area contributed by atoms with E-state index in [0.717, 1.165) is 23.5 Å². The molecule has 98 valence electrons. The summed E-state index contributed by atoms with van der Waals surface area (Å²) in [6, 6.07) is 10.0. The molecule has 2 aliphatic rings. The Morgan fingerprint density at radius 1 is 1.05 bits per heavy atom. The number of allylic oxidation sites excluding steroid dienone is 2. The van der Waals surface area contributed by atoms with Crippen molar-refractivity contribution in [3.8, 4) is 0 Å². The third-order valence-electron chi connectivity index (χ3n) is 3.94. The fraction of sp³-hybridized carbons (Fsp3) is 0.176. The largest absolute Gasteiger partial charge is 0.343 e. The molecule has 0 spiro atoms. The van der Waals surface area contributed by atoms with E-state index in [1.165, 1.54) is 16.1 Å². The highest BCUT2D eigenvalue weighted by molar-refractivity contribution is 5.79. The van der Waals surface area contributed by atoms with Crippen LogP contribution in [0.1, 0.15) is 12.8 Å². The fourth-order valence-corrected chi connectivity index (χ4v) is 3.02. The molecular weight excluding hydrogens is 248 g/mol. The first-order chi connectivity index (χ1) is 9.83. The van der Waals surface area contributed by atoms with E-state index in [1.54, 1.807) is 0 Å². The zero-order chi connectivity index (χ0) is 13.5. The summed E-state index contributed by atoms with van der Waals surface area (Å²) in [6.45, 7) is 0.895. The molecular formula is C17H14N2O. The van der Waals surface area contributed by atoms with Crippen LogP contribution in [0.25, 0.3) is 5.57 Å². The Labute approximate surface area is 115 Å². The van der Waals surface area contributed by atoms with Crippen LogP contribution in [0.4, 0.5) is 0 Å². The van der Waals surface area contributed by atoms with Gasteiger partial charge in [-0.25, -0.2) is 4.99 Å². The van der Waals surface area contributed by atoms with Crippen LogP contribution in [-0.4, -0.2) is 10.5 Å². The number of aromatic nitrogens is 1. The Kier molecular flexibility index (Phi) is 2.46. The van der Waals surface area contributed by atoms with Gasteiger partial charge in [-0.3, -0.25) is 4.79 Å². The Hall–Kier alpha value is -2.42. The molecule has 1 aromatic heterocycles. The topological polar surface area (TPSA) is 34.4 Å². The summed E-state index contributed by atoms with van der Waals surface area (Å²) in [5.41, 5.74) is 1.23. The number of rotatable bonds is 0. The lowest BCUT2D eigenvalue weighted by atomic mass is 10.1. The number of carbonyl (C=O) groups is 1. The molecule has 0 saturated heterocycles. The number of para-hydroxylation sites is 1. The summed E-state index contributed by atoms with van der Waals surface area (Å²) < 4.78 is 2.25. The van der Waals surface area contributed by atoms with Crippen molar-refractivity contribution in [1.82, 2.24) is 4.57 Å². The van der Waals surface area contributed by atoms with Gasteiger partial charge in [0.25, 0.3) is 0 Å². The van der Waals surface area contributed by atoms with Crippen molar-refractivity contribution in [3.05, 3.63) is 69.8 Å². The van der Waals surface area contributed by atoms with E-state index in [4.69, 9.17) is 0 Å². The molecule has 4 rings (SSSR count). The quantitative estimate of drug-likeness (QED) is 0.707. The molecule has 3 heteroatoms. The summed E-state index contributed by atoms with van der Waals surface area (Å²) in [6.07, 6.45) is 7.65. The van der Waals surface area contributed by atoms with E-state index in [9.17, 15) is 4.79 Å². The first-order valence-corrected chi connectivity index (χ1v) is 6.89. The summed E-state index contributed by atoms with van der Waals surface area (Å²) in [4.78, 5) is 16.2. The van der Waals surface area contributed by atoms with Crippen molar-refractivity contribution in [2.75, 3.05) is 0 Å². The number of hydrogen-bond donors (Lipinski definition) is 0. The fourth-order valence-electron chi connectivity index (χ4n) is 3.02. The number of benzene rings is 1. The minimum Gasteiger partial charge on any atom is -0.343 e. The molecule has 1 amide bonds. The van der Waals surface area contributed by atoms with Crippen LogP contribution in [0.2, 0.25) is 0 Å². The highest BCUT2D eigenvalue weighted by Crippen LogP contribution is 2.12. The molecule has 3 heterocycles. The molecule has 0 unspecified atom stereocenters. The van der Waals surface area contributed by atoms with E-state index in [0.29, 0.717) is 6.42 Å². The van der Waals surface area contributed by atoms with Crippen LogP contribution in [0, 0.1) is 10.4 Å². The van der Waals surface area contributed by atoms with Crippen LogP contribution >= 0.6 is 0 Å². The Morgan fingerprint density at radius 2 is 1.95 bits per heavy atom. The summed E-state index contributed by atoms with van der Waals surface area (Å²) >= 11 is 0.